The third-order valence-corrected chi connectivity index (χ3v) is 8.51. The molecule has 0 aliphatic carbocycles. The maximum absolute atomic E-state index is 12.6. The summed E-state index contributed by atoms with van der Waals surface area (Å²) in [5.41, 5.74) is 1.94. The van der Waals surface area contributed by atoms with Gasteiger partial charge in [0.1, 0.15) is 29.2 Å². The molecule has 0 radical (unpaired) electrons. The molecule has 5 unspecified atom stereocenters. The van der Waals surface area contributed by atoms with Crippen molar-refractivity contribution in [3.05, 3.63) is 131 Å². The van der Waals surface area contributed by atoms with Crippen LogP contribution in [0.1, 0.15) is 43.0 Å². The molecule has 5 rings (SSSR count). The fraction of sp³-hybridized carbons (Fsp3) is 0.325. The number of hydrogen-bond acceptors (Lipinski definition) is 10. The predicted octanol–water partition coefficient (Wildman–Crippen LogP) is 5.32. The second-order valence-corrected chi connectivity index (χ2v) is 12.0. The Morgan fingerprint density at radius 1 is 0.667 bits per heavy atom. The molecule has 0 saturated carbocycles. The van der Waals surface area contributed by atoms with Crippen molar-refractivity contribution in [3.63, 3.8) is 0 Å². The van der Waals surface area contributed by atoms with Crippen LogP contribution in [0.2, 0.25) is 0 Å². The van der Waals surface area contributed by atoms with Crippen LogP contribution in [0.25, 0.3) is 0 Å². The molecule has 11 heteroatoms. The SMILES string of the molecule is COc1ccc(C(OCC2OC(OCc3ccccc3)C(NC(C)=O)C(OC(C)=O)C2OC(C)=O)(c2ccccc2)c2ccc(OC)cc2)cc1. The fourth-order valence-corrected chi connectivity index (χ4v) is 6.27. The van der Waals surface area contributed by atoms with Gasteiger partial charge in [-0.2, -0.15) is 0 Å². The number of benzene rings is 4. The van der Waals surface area contributed by atoms with E-state index in [1.807, 2.05) is 109 Å². The van der Waals surface area contributed by atoms with Gasteiger partial charge in [0.25, 0.3) is 0 Å². The van der Waals surface area contributed by atoms with Gasteiger partial charge in [0, 0.05) is 20.8 Å². The van der Waals surface area contributed by atoms with Crippen molar-refractivity contribution in [2.45, 2.75) is 63.6 Å². The molecule has 0 aromatic heterocycles. The number of methoxy groups -OCH3 is 2. The van der Waals surface area contributed by atoms with E-state index in [-0.39, 0.29) is 13.2 Å². The number of hydrogen-bond donors (Lipinski definition) is 1. The molecule has 11 nitrogen and oxygen atoms in total. The molecule has 1 fully saturated rings. The van der Waals surface area contributed by atoms with E-state index in [9.17, 15) is 14.4 Å². The quantitative estimate of drug-likeness (QED) is 0.137. The molecule has 4 aromatic carbocycles. The van der Waals surface area contributed by atoms with Crippen LogP contribution >= 0.6 is 0 Å². The lowest BCUT2D eigenvalue weighted by Gasteiger charge is -2.46. The summed E-state index contributed by atoms with van der Waals surface area (Å²) in [4.78, 5) is 37.6. The van der Waals surface area contributed by atoms with Crippen molar-refractivity contribution in [2.24, 2.45) is 0 Å². The molecule has 268 valence electrons. The van der Waals surface area contributed by atoms with Crippen molar-refractivity contribution in [3.8, 4) is 11.5 Å². The van der Waals surface area contributed by atoms with E-state index in [4.69, 9.17) is 33.2 Å². The number of ether oxygens (including phenoxy) is 7. The van der Waals surface area contributed by atoms with E-state index in [1.54, 1.807) is 14.2 Å². The molecule has 0 bridgehead atoms. The smallest absolute Gasteiger partial charge is 0.303 e. The van der Waals surface area contributed by atoms with Gasteiger partial charge in [0.15, 0.2) is 18.5 Å². The first-order valence-corrected chi connectivity index (χ1v) is 16.6. The number of carbonyl (C=O) groups is 3. The Kier molecular flexibility index (Phi) is 12.4. The first kappa shape index (κ1) is 37.0. The maximum Gasteiger partial charge on any atom is 0.303 e. The van der Waals surface area contributed by atoms with Gasteiger partial charge in [0.2, 0.25) is 5.91 Å². The van der Waals surface area contributed by atoms with E-state index >= 15 is 0 Å². The third-order valence-electron chi connectivity index (χ3n) is 8.51. The zero-order valence-electron chi connectivity index (χ0n) is 29.3. The van der Waals surface area contributed by atoms with E-state index in [1.165, 1.54) is 20.8 Å². The van der Waals surface area contributed by atoms with Crippen LogP contribution in [-0.2, 0) is 50.3 Å². The number of carbonyl (C=O) groups excluding carboxylic acids is 3. The van der Waals surface area contributed by atoms with Gasteiger partial charge in [-0.15, -0.1) is 0 Å². The summed E-state index contributed by atoms with van der Waals surface area (Å²) in [6.07, 6.45) is -4.55. The van der Waals surface area contributed by atoms with Crippen LogP contribution in [0.3, 0.4) is 0 Å². The van der Waals surface area contributed by atoms with Gasteiger partial charge in [-0.1, -0.05) is 84.9 Å². The molecule has 0 spiro atoms. The second kappa shape index (κ2) is 17.1. The summed E-state index contributed by atoms with van der Waals surface area (Å²) in [6, 6.07) is 33.1. The summed E-state index contributed by atoms with van der Waals surface area (Å²) in [6.45, 7) is 3.75. The summed E-state index contributed by atoms with van der Waals surface area (Å²) < 4.78 is 42.4. The van der Waals surface area contributed by atoms with E-state index < -0.39 is 54.1 Å². The minimum atomic E-state index is -1.24. The minimum absolute atomic E-state index is 0.117. The Morgan fingerprint density at radius 3 is 1.65 bits per heavy atom. The van der Waals surface area contributed by atoms with Crippen molar-refractivity contribution in [1.29, 1.82) is 0 Å². The summed E-state index contributed by atoms with van der Waals surface area (Å²) in [5, 5.41) is 2.80. The molecule has 1 N–H and O–H groups in total. The Balaban J connectivity index is 1.61. The predicted molar refractivity (Wildman–Crippen MR) is 187 cm³/mol. The molecular formula is C40H43NO10. The largest absolute Gasteiger partial charge is 0.497 e. The van der Waals surface area contributed by atoms with Crippen molar-refractivity contribution >= 4 is 17.8 Å². The number of nitrogens with one attached hydrogen (secondary N) is 1. The van der Waals surface area contributed by atoms with E-state index in [0.29, 0.717) is 11.5 Å². The van der Waals surface area contributed by atoms with Gasteiger partial charge in [-0.25, -0.2) is 0 Å². The lowest BCUT2D eigenvalue weighted by molar-refractivity contribution is -0.284. The van der Waals surface area contributed by atoms with Crippen LogP contribution in [0.15, 0.2) is 109 Å². The highest BCUT2D eigenvalue weighted by Crippen LogP contribution is 2.42. The van der Waals surface area contributed by atoms with Crippen molar-refractivity contribution in [2.75, 3.05) is 20.8 Å². The van der Waals surface area contributed by atoms with Gasteiger partial charge < -0.3 is 38.5 Å². The zero-order valence-corrected chi connectivity index (χ0v) is 29.3. The molecule has 1 aliphatic rings. The number of amides is 1. The fourth-order valence-electron chi connectivity index (χ4n) is 6.27. The highest BCUT2D eigenvalue weighted by molar-refractivity contribution is 5.73. The van der Waals surface area contributed by atoms with Gasteiger partial charge >= 0.3 is 11.9 Å². The van der Waals surface area contributed by atoms with Crippen LogP contribution in [0.5, 0.6) is 11.5 Å². The Hall–Kier alpha value is -5.23. The standard InChI is InChI=1S/C40H43NO10/c1-26(42)41-36-38(50-28(3)44)37(49-27(2)43)35(51-39(36)47-24-29-12-8-6-9-13-29)25-48-40(30-14-10-7-11-15-30,31-16-20-33(45-4)21-17-31)32-18-22-34(46-5)23-19-32/h6-23,35-39H,24-25H2,1-5H3,(H,41,42). The highest BCUT2D eigenvalue weighted by atomic mass is 16.7. The normalized spacial score (nSPS) is 20.1. The molecule has 1 aliphatic heterocycles. The summed E-state index contributed by atoms with van der Waals surface area (Å²) in [5.74, 6) is -0.394. The van der Waals surface area contributed by atoms with Gasteiger partial charge in [-0.3, -0.25) is 14.4 Å². The van der Waals surface area contributed by atoms with Gasteiger partial charge in [0.05, 0.1) is 27.4 Å². The van der Waals surface area contributed by atoms with Crippen LogP contribution < -0.4 is 14.8 Å². The van der Waals surface area contributed by atoms with Gasteiger partial charge in [-0.05, 0) is 46.5 Å². The molecular weight excluding hydrogens is 654 g/mol. The van der Waals surface area contributed by atoms with Crippen molar-refractivity contribution < 1.29 is 47.5 Å². The number of esters is 2. The Bertz CT molecular complexity index is 1680. The topological polar surface area (TPSA) is 128 Å². The molecule has 1 heterocycles. The monoisotopic (exact) mass is 697 g/mol. The van der Waals surface area contributed by atoms with Crippen LogP contribution in [-0.4, -0.2) is 69.3 Å². The zero-order chi connectivity index (χ0) is 36.4. The minimum Gasteiger partial charge on any atom is -0.497 e. The number of rotatable bonds is 14. The molecule has 51 heavy (non-hydrogen) atoms. The Labute approximate surface area is 297 Å². The second-order valence-electron chi connectivity index (χ2n) is 12.0. The molecule has 1 saturated heterocycles. The van der Waals surface area contributed by atoms with Crippen molar-refractivity contribution in [1.82, 2.24) is 5.32 Å². The molecule has 1 amide bonds. The average Bonchev–Trinajstić information content (AvgIpc) is 3.14. The highest BCUT2D eigenvalue weighted by Gasteiger charge is 2.52. The third kappa shape index (κ3) is 8.93. The van der Waals surface area contributed by atoms with E-state index in [0.717, 1.165) is 22.3 Å². The summed E-state index contributed by atoms with van der Waals surface area (Å²) in [7, 11) is 3.19. The summed E-state index contributed by atoms with van der Waals surface area (Å²) >= 11 is 0. The lowest BCUT2D eigenvalue weighted by Crippen LogP contribution is -2.66. The molecule has 4 aromatic rings. The van der Waals surface area contributed by atoms with E-state index in [2.05, 4.69) is 5.32 Å². The van der Waals surface area contributed by atoms with Crippen LogP contribution in [0.4, 0.5) is 0 Å². The van der Waals surface area contributed by atoms with Crippen LogP contribution in [0, 0.1) is 0 Å². The average molecular weight is 698 g/mol. The Morgan fingerprint density at radius 2 is 1.16 bits per heavy atom. The first-order chi connectivity index (χ1) is 24.6. The maximum atomic E-state index is 12.6. The lowest BCUT2D eigenvalue weighted by atomic mass is 9.80. The first-order valence-electron chi connectivity index (χ1n) is 16.6. The molecule has 5 atom stereocenters.